The van der Waals surface area contributed by atoms with E-state index in [0.717, 1.165) is 23.8 Å². The molecule has 3 heteroatoms. The van der Waals surface area contributed by atoms with Crippen LogP contribution in [0.25, 0.3) is 0 Å². The van der Waals surface area contributed by atoms with Gasteiger partial charge in [-0.2, -0.15) is 0 Å². The van der Waals surface area contributed by atoms with Crippen LogP contribution in [0.1, 0.15) is 19.8 Å². The number of nitrogens with zero attached hydrogens (tertiary/aromatic N) is 1. The minimum Gasteiger partial charge on any atom is -0.384 e. The summed E-state index contributed by atoms with van der Waals surface area (Å²) in [5.41, 5.74) is 0. The molecule has 1 atom stereocenters. The Balaban J connectivity index is 2.15. The molecule has 0 radical (unpaired) electrons. The van der Waals surface area contributed by atoms with Crippen molar-refractivity contribution >= 4 is 15.9 Å². The Hall–Kier alpha value is 0.400. The summed E-state index contributed by atoms with van der Waals surface area (Å²) in [4.78, 5) is 2.58. The summed E-state index contributed by atoms with van der Waals surface area (Å²) in [5.74, 6) is 1.57. The lowest BCUT2D eigenvalue weighted by Crippen LogP contribution is -2.37. The van der Waals surface area contributed by atoms with Crippen molar-refractivity contribution in [3.05, 3.63) is 0 Å². The van der Waals surface area contributed by atoms with Gasteiger partial charge in [0.2, 0.25) is 0 Å². The summed E-state index contributed by atoms with van der Waals surface area (Å²) in [5, 5.41) is 1.12. The predicted molar refractivity (Wildman–Crippen MR) is 64.0 cm³/mol. The maximum atomic E-state index is 5.19. The predicted octanol–water partition coefficient (Wildman–Crippen LogP) is 2.38. The molecule has 14 heavy (non-hydrogen) atoms. The van der Waals surface area contributed by atoms with Gasteiger partial charge in [-0.25, -0.2) is 0 Å². The van der Waals surface area contributed by atoms with Crippen LogP contribution in [0.2, 0.25) is 0 Å². The van der Waals surface area contributed by atoms with Crippen molar-refractivity contribution in [3.63, 3.8) is 0 Å². The highest BCUT2D eigenvalue weighted by molar-refractivity contribution is 9.09. The van der Waals surface area contributed by atoms with E-state index in [2.05, 4.69) is 27.8 Å². The lowest BCUT2D eigenvalue weighted by Gasteiger charge is -2.32. The van der Waals surface area contributed by atoms with E-state index in [4.69, 9.17) is 4.74 Å². The number of methoxy groups -OCH3 is 1. The molecule has 1 fully saturated rings. The number of hydrogen-bond donors (Lipinski definition) is 0. The normalized spacial score (nSPS) is 22.5. The third-order valence-corrected chi connectivity index (χ3v) is 4.05. The van der Waals surface area contributed by atoms with Gasteiger partial charge < -0.3 is 9.64 Å². The van der Waals surface area contributed by atoms with E-state index < -0.39 is 0 Å². The van der Waals surface area contributed by atoms with Crippen LogP contribution in [0.15, 0.2) is 0 Å². The molecule has 0 saturated carbocycles. The Bertz CT molecular complexity index is 146. The lowest BCUT2D eigenvalue weighted by molar-refractivity contribution is 0.0951. The number of alkyl halides is 1. The molecule has 0 aromatic carbocycles. The smallest absolute Gasteiger partial charge is 0.0491 e. The van der Waals surface area contributed by atoms with Crippen LogP contribution < -0.4 is 0 Å². The molecule has 0 bridgehead atoms. The summed E-state index contributed by atoms with van der Waals surface area (Å²) in [6.07, 6.45) is 2.62. The summed E-state index contributed by atoms with van der Waals surface area (Å²) >= 11 is 3.53. The highest BCUT2D eigenvalue weighted by atomic mass is 79.9. The first-order valence-corrected chi connectivity index (χ1v) is 6.65. The van der Waals surface area contributed by atoms with Crippen LogP contribution in [0, 0.1) is 11.8 Å². The molecular formula is C11H22BrNO. The first kappa shape index (κ1) is 12.5. The van der Waals surface area contributed by atoms with E-state index in [0.29, 0.717) is 0 Å². The van der Waals surface area contributed by atoms with Gasteiger partial charge in [0.25, 0.3) is 0 Å². The van der Waals surface area contributed by atoms with Crippen molar-refractivity contribution < 1.29 is 4.74 Å². The van der Waals surface area contributed by atoms with Crippen molar-refractivity contribution in [1.29, 1.82) is 0 Å². The number of halogens is 1. The van der Waals surface area contributed by atoms with E-state index in [9.17, 15) is 0 Å². The number of ether oxygens (including phenoxy) is 1. The summed E-state index contributed by atoms with van der Waals surface area (Å²) in [6, 6.07) is 0. The molecule has 0 N–H and O–H groups in total. The van der Waals surface area contributed by atoms with E-state index in [-0.39, 0.29) is 0 Å². The molecule has 1 unspecified atom stereocenters. The van der Waals surface area contributed by atoms with Gasteiger partial charge in [0.05, 0.1) is 0 Å². The summed E-state index contributed by atoms with van der Waals surface area (Å²) in [7, 11) is 1.80. The van der Waals surface area contributed by atoms with Crippen LogP contribution >= 0.6 is 15.9 Å². The van der Waals surface area contributed by atoms with Gasteiger partial charge in [-0.05, 0) is 37.8 Å². The lowest BCUT2D eigenvalue weighted by atomic mass is 9.97. The monoisotopic (exact) mass is 263 g/mol. The Morgan fingerprint density at radius 1 is 1.43 bits per heavy atom. The molecule has 0 aromatic rings. The third-order valence-electron chi connectivity index (χ3n) is 2.94. The molecule has 1 rings (SSSR count). The molecule has 1 heterocycles. The van der Waals surface area contributed by atoms with Gasteiger partial charge in [0.1, 0.15) is 0 Å². The fourth-order valence-corrected chi connectivity index (χ4v) is 2.27. The Morgan fingerprint density at radius 2 is 2.07 bits per heavy atom. The molecule has 84 valence electrons. The molecule has 1 aliphatic heterocycles. The standard InChI is InChI=1S/C11H22BrNO/c1-10(7-12)8-13-5-3-11(4-6-13)9-14-2/h10-11H,3-9H2,1-2H3. The van der Waals surface area contributed by atoms with E-state index in [1.165, 1.54) is 32.5 Å². The van der Waals surface area contributed by atoms with Crippen LogP contribution in [0.3, 0.4) is 0 Å². The van der Waals surface area contributed by atoms with Crippen molar-refractivity contribution in [2.24, 2.45) is 11.8 Å². The first-order chi connectivity index (χ1) is 6.76. The van der Waals surface area contributed by atoms with Crippen molar-refractivity contribution in [1.82, 2.24) is 4.90 Å². The number of hydrogen-bond acceptors (Lipinski definition) is 2. The highest BCUT2D eigenvalue weighted by Gasteiger charge is 2.19. The Labute approximate surface area is 96.1 Å². The van der Waals surface area contributed by atoms with Crippen LogP contribution in [-0.2, 0) is 4.74 Å². The molecule has 2 nitrogen and oxygen atoms in total. The summed E-state index contributed by atoms with van der Waals surface area (Å²) in [6.45, 7) is 7.00. The van der Waals surface area contributed by atoms with E-state index >= 15 is 0 Å². The summed E-state index contributed by atoms with van der Waals surface area (Å²) < 4.78 is 5.19. The molecule has 0 aromatic heterocycles. The quantitative estimate of drug-likeness (QED) is 0.707. The largest absolute Gasteiger partial charge is 0.384 e. The fraction of sp³-hybridized carbons (Fsp3) is 1.00. The average molecular weight is 264 g/mol. The topological polar surface area (TPSA) is 12.5 Å². The van der Waals surface area contributed by atoms with Crippen molar-refractivity contribution in [2.45, 2.75) is 19.8 Å². The van der Waals surface area contributed by atoms with E-state index in [1.54, 1.807) is 7.11 Å². The van der Waals surface area contributed by atoms with Gasteiger partial charge in [-0.1, -0.05) is 22.9 Å². The second-order valence-corrected chi connectivity index (χ2v) is 5.11. The van der Waals surface area contributed by atoms with Gasteiger partial charge in [0, 0.05) is 25.6 Å². The minimum atomic E-state index is 0.772. The SMILES string of the molecule is COCC1CCN(CC(C)CBr)CC1. The number of piperidine rings is 1. The highest BCUT2D eigenvalue weighted by Crippen LogP contribution is 2.18. The maximum absolute atomic E-state index is 5.19. The van der Waals surface area contributed by atoms with Gasteiger partial charge in [0.15, 0.2) is 0 Å². The van der Waals surface area contributed by atoms with E-state index in [1.807, 2.05) is 0 Å². The van der Waals surface area contributed by atoms with Crippen LogP contribution in [0.5, 0.6) is 0 Å². The number of rotatable bonds is 5. The second-order valence-electron chi connectivity index (χ2n) is 4.46. The van der Waals surface area contributed by atoms with Gasteiger partial charge in [-0.15, -0.1) is 0 Å². The molecule has 0 aliphatic carbocycles. The zero-order valence-electron chi connectivity index (χ0n) is 9.34. The first-order valence-electron chi connectivity index (χ1n) is 5.53. The number of likely N-dealkylation sites (tertiary alicyclic amines) is 1. The van der Waals surface area contributed by atoms with Crippen molar-refractivity contribution in [2.75, 3.05) is 38.7 Å². The van der Waals surface area contributed by atoms with Crippen molar-refractivity contribution in [3.8, 4) is 0 Å². The second kappa shape index (κ2) is 6.81. The molecule has 0 amide bonds. The minimum absolute atomic E-state index is 0.772. The molecule has 0 spiro atoms. The zero-order chi connectivity index (χ0) is 10.4. The Kier molecular flexibility index (Phi) is 6.06. The fourth-order valence-electron chi connectivity index (χ4n) is 2.06. The van der Waals surface area contributed by atoms with Gasteiger partial charge >= 0.3 is 0 Å². The zero-order valence-corrected chi connectivity index (χ0v) is 10.9. The van der Waals surface area contributed by atoms with Crippen LogP contribution in [-0.4, -0.2) is 43.6 Å². The third kappa shape index (κ3) is 4.28. The molecular weight excluding hydrogens is 242 g/mol. The molecule has 1 saturated heterocycles. The molecule has 1 aliphatic rings. The average Bonchev–Trinajstić information content (AvgIpc) is 2.21. The maximum Gasteiger partial charge on any atom is 0.0491 e. The van der Waals surface area contributed by atoms with Gasteiger partial charge in [-0.3, -0.25) is 0 Å². The van der Waals surface area contributed by atoms with Crippen LogP contribution in [0.4, 0.5) is 0 Å². The Morgan fingerprint density at radius 3 is 2.57 bits per heavy atom.